The van der Waals surface area contributed by atoms with Crippen LogP contribution < -0.4 is 10.1 Å². The number of unbranched alkanes of at least 4 members (excludes halogenated alkanes) is 3. The molecule has 0 heterocycles. The van der Waals surface area contributed by atoms with Gasteiger partial charge in [-0.15, -0.1) is 0 Å². The van der Waals surface area contributed by atoms with Crippen LogP contribution in [0.2, 0.25) is 0 Å². The Balaban J connectivity index is 1.64. The molecule has 0 bridgehead atoms. The van der Waals surface area contributed by atoms with Crippen LogP contribution in [-0.2, 0) is 6.54 Å². The molecule has 0 atom stereocenters. The summed E-state index contributed by atoms with van der Waals surface area (Å²) >= 11 is 0. The van der Waals surface area contributed by atoms with Gasteiger partial charge < -0.3 is 10.1 Å². The first-order valence-corrected chi connectivity index (χ1v) is 8.33. The van der Waals surface area contributed by atoms with E-state index >= 15 is 0 Å². The molecule has 2 nitrogen and oxygen atoms in total. The highest BCUT2D eigenvalue weighted by atomic mass is 16.5. The summed E-state index contributed by atoms with van der Waals surface area (Å²) in [4.78, 5) is 0. The number of nitrogens with one attached hydrogen (secondary N) is 1. The van der Waals surface area contributed by atoms with Crippen molar-refractivity contribution in [2.75, 3.05) is 6.61 Å². The predicted molar refractivity (Wildman–Crippen MR) is 85.2 cm³/mol. The second-order valence-corrected chi connectivity index (χ2v) is 5.92. The third-order valence-electron chi connectivity index (χ3n) is 4.14. The Morgan fingerprint density at radius 1 is 1.05 bits per heavy atom. The van der Waals surface area contributed by atoms with E-state index < -0.39 is 0 Å². The maximum atomic E-state index is 5.77. The minimum absolute atomic E-state index is 0.740. The van der Waals surface area contributed by atoms with Crippen molar-refractivity contribution in [3.05, 3.63) is 29.8 Å². The standard InChI is InChI=1S/C18H29NO/c1-2-3-4-7-14-20-18-12-10-16(11-13-18)15-19-17-8-5-6-9-17/h10-13,17,19H,2-9,14-15H2,1H3. The van der Waals surface area contributed by atoms with Gasteiger partial charge >= 0.3 is 0 Å². The van der Waals surface area contributed by atoms with E-state index in [4.69, 9.17) is 4.74 Å². The number of hydrogen-bond acceptors (Lipinski definition) is 2. The van der Waals surface area contributed by atoms with Crippen molar-refractivity contribution >= 4 is 0 Å². The van der Waals surface area contributed by atoms with Gasteiger partial charge in [-0.2, -0.15) is 0 Å². The Morgan fingerprint density at radius 3 is 2.50 bits per heavy atom. The zero-order valence-electron chi connectivity index (χ0n) is 12.9. The molecule has 1 saturated carbocycles. The third-order valence-corrected chi connectivity index (χ3v) is 4.14. The first-order chi connectivity index (χ1) is 9.88. The highest BCUT2D eigenvalue weighted by Crippen LogP contribution is 2.18. The topological polar surface area (TPSA) is 21.3 Å². The predicted octanol–water partition coefficient (Wildman–Crippen LogP) is 4.68. The Bertz CT molecular complexity index is 354. The zero-order chi connectivity index (χ0) is 14.0. The molecule has 0 amide bonds. The molecule has 1 aliphatic carbocycles. The summed E-state index contributed by atoms with van der Waals surface area (Å²) in [5.74, 6) is 1.01. The van der Waals surface area contributed by atoms with Crippen molar-refractivity contribution in [3.63, 3.8) is 0 Å². The Labute approximate surface area is 123 Å². The molecule has 1 aromatic carbocycles. The van der Waals surface area contributed by atoms with E-state index in [1.165, 1.54) is 56.9 Å². The van der Waals surface area contributed by atoms with E-state index in [-0.39, 0.29) is 0 Å². The molecule has 2 rings (SSSR count). The van der Waals surface area contributed by atoms with Crippen LogP contribution in [0.25, 0.3) is 0 Å². The molecular weight excluding hydrogens is 246 g/mol. The van der Waals surface area contributed by atoms with Crippen molar-refractivity contribution in [2.24, 2.45) is 0 Å². The van der Waals surface area contributed by atoms with Crippen LogP contribution in [0.1, 0.15) is 63.9 Å². The van der Waals surface area contributed by atoms with E-state index in [1.807, 2.05) is 0 Å². The first kappa shape index (κ1) is 15.4. The number of benzene rings is 1. The fourth-order valence-electron chi connectivity index (χ4n) is 2.81. The van der Waals surface area contributed by atoms with Crippen LogP contribution in [-0.4, -0.2) is 12.6 Å². The lowest BCUT2D eigenvalue weighted by Crippen LogP contribution is -2.25. The summed E-state index contributed by atoms with van der Waals surface area (Å²) in [5.41, 5.74) is 1.36. The molecule has 0 radical (unpaired) electrons. The maximum Gasteiger partial charge on any atom is 0.119 e. The van der Waals surface area contributed by atoms with E-state index in [9.17, 15) is 0 Å². The molecule has 1 N–H and O–H groups in total. The van der Waals surface area contributed by atoms with E-state index in [1.54, 1.807) is 0 Å². The lowest BCUT2D eigenvalue weighted by Gasteiger charge is -2.12. The molecule has 1 aromatic rings. The fourth-order valence-corrected chi connectivity index (χ4v) is 2.81. The average Bonchev–Trinajstić information content (AvgIpc) is 2.99. The normalized spacial score (nSPS) is 15.7. The van der Waals surface area contributed by atoms with Gasteiger partial charge in [-0.05, 0) is 37.0 Å². The largest absolute Gasteiger partial charge is 0.494 e. The van der Waals surface area contributed by atoms with Crippen molar-refractivity contribution in [1.29, 1.82) is 0 Å². The molecule has 0 spiro atoms. The Kier molecular flexibility index (Phi) is 6.93. The second kappa shape index (κ2) is 9.02. The van der Waals surface area contributed by atoms with Crippen LogP contribution in [0, 0.1) is 0 Å². The van der Waals surface area contributed by atoms with Gasteiger partial charge in [0.25, 0.3) is 0 Å². The summed E-state index contributed by atoms with van der Waals surface area (Å²) in [6, 6.07) is 9.31. The van der Waals surface area contributed by atoms with Crippen molar-refractivity contribution in [1.82, 2.24) is 5.32 Å². The molecule has 1 fully saturated rings. The molecule has 0 aliphatic heterocycles. The molecular formula is C18H29NO. The van der Waals surface area contributed by atoms with Gasteiger partial charge in [-0.3, -0.25) is 0 Å². The molecule has 0 saturated heterocycles. The lowest BCUT2D eigenvalue weighted by molar-refractivity contribution is 0.305. The number of rotatable bonds is 9. The maximum absolute atomic E-state index is 5.77. The number of ether oxygens (including phenoxy) is 1. The second-order valence-electron chi connectivity index (χ2n) is 5.92. The van der Waals surface area contributed by atoms with Crippen molar-refractivity contribution in [3.8, 4) is 5.75 Å². The zero-order valence-corrected chi connectivity index (χ0v) is 12.9. The molecule has 2 heteroatoms. The van der Waals surface area contributed by atoms with Gasteiger partial charge in [0.05, 0.1) is 6.61 Å². The highest BCUT2D eigenvalue weighted by molar-refractivity contribution is 5.27. The smallest absolute Gasteiger partial charge is 0.119 e. The van der Waals surface area contributed by atoms with Gasteiger partial charge in [0.1, 0.15) is 5.75 Å². The van der Waals surface area contributed by atoms with Gasteiger partial charge in [0.2, 0.25) is 0 Å². The van der Waals surface area contributed by atoms with Crippen molar-refractivity contribution < 1.29 is 4.74 Å². The van der Waals surface area contributed by atoms with Crippen LogP contribution in [0.5, 0.6) is 5.75 Å². The highest BCUT2D eigenvalue weighted by Gasteiger charge is 2.13. The summed E-state index contributed by atoms with van der Waals surface area (Å²) in [7, 11) is 0. The monoisotopic (exact) mass is 275 g/mol. The van der Waals surface area contributed by atoms with Crippen LogP contribution >= 0.6 is 0 Å². The Hall–Kier alpha value is -1.02. The Morgan fingerprint density at radius 2 is 1.80 bits per heavy atom. The summed E-state index contributed by atoms with van der Waals surface area (Å²) in [5, 5.41) is 3.64. The summed E-state index contributed by atoms with van der Waals surface area (Å²) in [6.07, 6.45) is 10.5. The minimum Gasteiger partial charge on any atom is -0.494 e. The first-order valence-electron chi connectivity index (χ1n) is 8.33. The van der Waals surface area contributed by atoms with Crippen LogP contribution in [0.15, 0.2) is 24.3 Å². The van der Waals surface area contributed by atoms with E-state index in [0.717, 1.165) is 24.9 Å². The summed E-state index contributed by atoms with van der Waals surface area (Å²) < 4.78 is 5.77. The average molecular weight is 275 g/mol. The van der Waals surface area contributed by atoms with Crippen LogP contribution in [0.3, 0.4) is 0 Å². The van der Waals surface area contributed by atoms with Gasteiger partial charge in [0.15, 0.2) is 0 Å². The fraction of sp³-hybridized carbons (Fsp3) is 0.667. The molecule has 20 heavy (non-hydrogen) atoms. The van der Waals surface area contributed by atoms with Crippen LogP contribution in [0.4, 0.5) is 0 Å². The van der Waals surface area contributed by atoms with Crippen molar-refractivity contribution in [2.45, 2.75) is 70.9 Å². The van der Waals surface area contributed by atoms with E-state index in [2.05, 4.69) is 36.5 Å². The van der Waals surface area contributed by atoms with E-state index in [0.29, 0.717) is 0 Å². The van der Waals surface area contributed by atoms with Gasteiger partial charge in [-0.1, -0.05) is 51.2 Å². The van der Waals surface area contributed by atoms with Gasteiger partial charge in [-0.25, -0.2) is 0 Å². The number of hydrogen-bond donors (Lipinski definition) is 1. The molecule has 0 aromatic heterocycles. The molecule has 112 valence electrons. The SMILES string of the molecule is CCCCCCOc1ccc(CNC2CCCC2)cc1. The minimum atomic E-state index is 0.740. The lowest BCUT2D eigenvalue weighted by atomic mass is 10.2. The summed E-state index contributed by atoms with van der Waals surface area (Å²) in [6.45, 7) is 4.07. The van der Waals surface area contributed by atoms with Gasteiger partial charge in [0, 0.05) is 12.6 Å². The quantitative estimate of drug-likeness (QED) is 0.661. The molecule has 0 unspecified atom stereocenters. The third kappa shape index (κ3) is 5.54. The molecule has 1 aliphatic rings.